The molecule has 4 aliphatic carbocycles. The van der Waals surface area contributed by atoms with Crippen molar-refractivity contribution >= 4 is 0 Å². The van der Waals surface area contributed by atoms with E-state index in [0.717, 1.165) is 41.4 Å². The molecule has 27 heavy (non-hydrogen) atoms. The third-order valence-electron chi connectivity index (χ3n) is 10.8. The second-order valence-corrected chi connectivity index (χ2v) is 12.4. The molecular weight excluding hydrogens is 324 g/mol. The van der Waals surface area contributed by atoms with E-state index in [-0.39, 0.29) is 0 Å². The minimum atomic E-state index is 0.677. The lowest BCUT2D eigenvalue weighted by atomic mass is 9.44. The maximum absolute atomic E-state index is 2.75. The zero-order valence-electron chi connectivity index (χ0n) is 19.2. The third-order valence-corrected chi connectivity index (χ3v) is 10.8. The van der Waals surface area contributed by atoms with Gasteiger partial charge < -0.3 is 0 Å². The summed E-state index contributed by atoms with van der Waals surface area (Å²) in [6.07, 6.45) is 19.9. The molecule has 4 aliphatic rings. The number of fused-ring (bicyclic) bond motifs is 5. The molecule has 0 heterocycles. The van der Waals surface area contributed by atoms with Gasteiger partial charge in [0, 0.05) is 0 Å². The van der Waals surface area contributed by atoms with Crippen molar-refractivity contribution < 1.29 is 0 Å². The summed E-state index contributed by atoms with van der Waals surface area (Å²) in [7, 11) is 0. The summed E-state index contributed by atoms with van der Waals surface area (Å²) < 4.78 is 0. The van der Waals surface area contributed by atoms with E-state index in [4.69, 9.17) is 0 Å². The van der Waals surface area contributed by atoms with Crippen molar-refractivity contribution in [1.82, 2.24) is 0 Å². The van der Waals surface area contributed by atoms with Crippen molar-refractivity contribution in [3.8, 4) is 0 Å². The molecule has 0 aliphatic heterocycles. The minimum Gasteiger partial charge on any atom is -0.0628 e. The second kappa shape index (κ2) is 7.68. The molecule has 0 heteroatoms. The van der Waals surface area contributed by atoms with Gasteiger partial charge in [0.2, 0.25) is 0 Å². The first-order chi connectivity index (χ1) is 12.9. The van der Waals surface area contributed by atoms with Gasteiger partial charge in [-0.3, -0.25) is 0 Å². The average molecular weight is 373 g/mol. The Bertz CT molecular complexity index is 506. The zero-order valence-corrected chi connectivity index (χ0v) is 19.2. The van der Waals surface area contributed by atoms with Gasteiger partial charge in [0.1, 0.15) is 0 Å². The SMILES string of the molecule is CC(C)CCCC(C)C1CCC2C3CC[C@H]4CCCC[C@]4(C)C3CCC12C. The summed E-state index contributed by atoms with van der Waals surface area (Å²) in [5.41, 5.74) is 1.39. The molecule has 4 fully saturated rings. The highest BCUT2D eigenvalue weighted by Gasteiger charge is 2.59. The Balaban J connectivity index is 1.46. The monoisotopic (exact) mass is 372 g/mol. The minimum absolute atomic E-state index is 0.677. The van der Waals surface area contributed by atoms with Gasteiger partial charge in [-0.2, -0.15) is 0 Å². The highest BCUT2D eigenvalue weighted by atomic mass is 14.6. The zero-order chi connectivity index (χ0) is 19.2. The molecule has 0 aromatic rings. The van der Waals surface area contributed by atoms with Gasteiger partial charge in [0.15, 0.2) is 0 Å². The fourth-order valence-corrected chi connectivity index (χ4v) is 9.32. The molecule has 0 bridgehead atoms. The fraction of sp³-hybridized carbons (Fsp3) is 1.00. The van der Waals surface area contributed by atoms with E-state index in [1.165, 1.54) is 32.1 Å². The van der Waals surface area contributed by atoms with Crippen molar-refractivity contribution in [2.75, 3.05) is 0 Å². The first kappa shape index (κ1) is 20.3. The molecule has 0 spiro atoms. The molecular formula is C27H48. The van der Waals surface area contributed by atoms with E-state index >= 15 is 0 Å². The molecule has 0 saturated heterocycles. The van der Waals surface area contributed by atoms with Crippen molar-refractivity contribution in [1.29, 1.82) is 0 Å². The van der Waals surface area contributed by atoms with Crippen molar-refractivity contribution in [3.63, 3.8) is 0 Å². The highest BCUT2D eigenvalue weighted by Crippen LogP contribution is 2.68. The van der Waals surface area contributed by atoms with Crippen LogP contribution < -0.4 is 0 Å². The van der Waals surface area contributed by atoms with Gasteiger partial charge in [-0.05, 0) is 104 Å². The predicted octanol–water partition coefficient (Wildman–Crippen LogP) is 8.50. The summed E-state index contributed by atoms with van der Waals surface area (Å²) in [5.74, 6) is 7.15. The fourth-order valence-electron chi connectivity index (χ4n) is 9.32. The van der Waals surface area contributed by atoms with Crippen LogP contribution in [0.4, 0.5) is 0 Å². The third kappa shape index (κ3) is 3.44. The van der Waals surface area contributed by atoms with Crippen molar-refractivity contribution in [2.45, 2.75) is 118 Å². The van der Waals surface area contributed by atoms with Crippen LogP contribution in [0, 0.1) is 52.3 Å². The molecule has 8 atom stereocenters. The number of rotatable bonds is 5. The molecule has 0 aromatic heterocycles. The lowest BCUT2D eigenvalue weighted by Crippen LogP contribution is -2.53. The molecule has 6 unspecified atom stereocenters. The van der Waals surface area contributed by atoms with Crippen molar-refractivity contribution in [3.05, 3.63) is 0 Å². The van der Waals surface area contributed by atoms with Gasteiger partial charge in [-0.1, -0.05) is 66.7 Å². The molecule has 0 amide bonds. The van der Waals surface area contributed by atoms with E-state index in [1.54, 1.807) is 51.4 Å². The van der Waals surface area contributed by atoms with Crippen LogP contribution in [0.25, 0.3) is 0 Å². The lowest BCUT2D eigenvalue weighted by Gasteiger charge is -2.61. The van der Waals surface area contributed by atoms with Crippen LogP contribution in [0.2, 0.25) is 0 Å². The molecule has 0 nitrogen and oxygen atoms in total. The Morgan fingerprint density at radius 3 is 2.30 bits per heavy atom. The smallest absolute Gasteiger partial charge is 0.0264 e. The second-order valence-electron chi connectivity index (χ2n) is 12.4. The van der Waals surface area contributed by atoms with Gasteiger partial charge in [0.25, 0.3) is 0 Å². The summed E-state index contributed by atoms with van der Waals surface area (Å²) in [6.45, 7) is 12.9. The summed E-state index contributed by atoms with van der Waals surface area (Å²) in [5, 5.41) is 0. The Hall–Kier alpha value is 0. The van der Waals surface area contributed by atoms with E-state index < -0.39 is 0 Å². The van der Waals surface area contributed by atoms with Crippen LogP contribution in [0.15, 0.2) is 0 Å². The van der Waals surface area contributed by atoms with Gasteiger partial charge in [-0.25, -0.2) is 0 Å². The Kier molecular flexibility index (Phi) is 5.77. The predicted molar refractivity (Wildman–Crippen MR) is 118 cm³/mol. The quantitative estimate of drug-likeness (QED) is 0.453. The Morgan fingerprint density at radius 2 is 1.52 bits per heavy atom. The van der Waals surface area contributed by atoms with Crippen LogP contribution in [-0.4, -0.2) is 0 Å². The van der Waals surface area contributed by atoms with Crippen LogP contribution in [0.3, 0.4) is 0 Å². The lowest BCUT2D eigenvalue weighted by molar-refractivity contribution is -0.114. The maximum atomic E-state index is 2.75. The van der Waals surface area contributed by atoms with Crippen LogP contribution in [-0.2, 0) is 0 Å². The van der Waals surface area contributed by atoms with Gasteiger partial charge in [0.05, 0.1) is 0 Å². The van der Waals surface area contributed by atoms with Crippen LogP contribution >= 0.6 is 0 Å². The normalized spacial score (nSPS) is 48.0. The largest absolute Gasteiger partial charge is 0.0628 e. The van der Waals surface area contributed by atoms with E-state index in [9.17, 15) is 0 Å². The maximum Gasteiger partial charge on any atom is -0.0264 e. The van der Waals surface area contributed by atoms with Crippen LogP contribution in [0.1, 0.15) is 118 Å². The molecule has 4 rings (SSSR count). The summed E-state index contributed by atoms with van der Waals surface area (Å²) in [4.78, 5) is 0. The molecule has 0 radical (unpaired) electrons. The van der Waals surface area contributed by atoms with E-state index in [2.05, 4.69) is 34.6 Å². The van der Waals surface area contributed by atoms with E-state index in [0.29, 0.717) is 10.8 Å². The summed E-state index contributed by atoms with van der Waals surface area (Å²) >= 11 is 0. The standard InChI is InChI=1S/C27H48/c1-19(2)9-8-10-20(3)23-14-15-24-22-13-12-21-11-6-7-17-26(21,4)25(22)16-18-27(23,24)5/h19-25H,6-18H2,1-5H3/t20?,21-,22?,23?,24?,25?,26+,27?/m1/s1. The number of hydrogen-bond donors (Lipinski definition) is 0. The number of hydrogen-bond acceptors (Lipinski definition) is 0. The summed E-state index contributed by atoms with van der Waals surface area (Å²) in [6, 6.07) is 0. The van der Waals surface area contributed by atoms with Crippen molar-refractivity contribution in [2.24, 2.45) is 52.3 Å². The topological polar surface area (TPSA) is 0 Å². The average Bonchev–Trinajstić information content (AvgIpc) is 2.98. The Morgan fingerprint density at radius 1 is 0.741 bits per heavy atom. The molecule has 0 aromatic carbocycles. The molecule has 4 saturated carbocycles. The highest BCUT2D eigenvalue weighted by molar-refractivity contribution is 5.09. The van der Waals surface area contributed by atoms with Gasteiger partial charge in [-0.15, -0.1) is 0 Å². The van der Waals surface area contributed by atoms with E-state index in [1.807, 2.05) is 0 Å². The first-order valence-electron chi connectivity index (χ1n) is 12.9. The molecule has 0 N–H and O–H groups in total. The Labute approximate surface area is 170 Å². The van der Waals surface area contributed by atoms with Gasteiger partial charge >= 0.3 is 0 Å². The van der Waals surface area contributed by atoms with Crippen LogP contribution in [0.5, 0.6) is 0 Å². The first-order valence-corrected chi connectivity index (χ1v) is 12.9. The molecule has 156 valence electrons.